The molecule has 39 heavy (non-hydrogen) atoms. The lowest BCUT2D eigenvalue weighted by Gasteiger charge is -2.29. The second kappa shape index (κ2) is 11.6. The van der Waals surface area contributed by atoms with Gasteiger partial charge >= 0.3 is 6.09 Å². The smallest absolute Gasteiger partial charge is 0.408 e. The van der Waals surface area contributed by atoms with Gasteiger partial charge in [0.1, 0.15) is 28.7 Å². The molecule has 3 N–H and O–H groups in total. The van der Waals surface area contributed by atoms with Gasteiger partial charge in [-0.1, -0.05) is 36.4 Å². The summed E-state index contributed by atoms with van der Waals surface area (Å²) in [4.78, 5) is 53.3. The first-order valence-electron chi connectivity index (χ1n) is 13.0. The van der Waals surface area contributed by atoms with Gasteiger partial charge in [-0.2, -0.15) is 15.4 Å². The van der Waals surface area contributed by atoms with Crippen LogP contribution >= 0.6 is 0 Å². The van der Waals surface area contributed by atoms with Gasteiger partial charge in [-0.3, -0.25) is 14.4 Å². The van der Waals surface area contributed by atoms with Crippen molar-refractivity contribution in [3.8, 4) is 0 Å². The average Bonchev–Trinajstić information content (AvgIpc) is 3.51. The number of likely N-dealkylation sites (tertiary alicyclic amines) is 1. The lowest BCUT2D eigenvalue weighted by molar-refractivity contribution is -0.140. The number of ketones is 1. The zero-order valence-electron chi connectivity index (χ0n) is 22.6. The second-order valence-corrected chi connectivity index (χ2v) is 10.7. The number of hydrogen-bond acceptors (Lipinski definition) is 7. The molecule has 0 bridgehead atoms. The van der Waals surface area contributed by atoms with E-state index in [1.165, 1.54) is 4.90 Å². The third kappa shape index (κ3) is 7.18. The maximum Gasteiger partial charge on any atom is 0.408 e. The molecule has 11 heteroatoms. The number of amides is 3. The first-order valence-corrected chi connectivity index (χ1v) is 13.0. The van der Waals surface area contributed by atoms with Crippen molar-refractivity contribution in [2.45, 2.75) is 70.7 Å². The SMILES string of the molecule is CC(NC(=O)C1CC(=O)CN1C(=O)[C@@H](CCc1ccccc1)NC(=O)OC(C)(C)C)c1ccc2n[nH]nc2c1. The van der Waals surface area contributed by atoms with E-state index in [2.05, 4.69) is 26.0 Å². The summed E-state index contributed by atoms with van der Waals surface area (Å²) in [5.74, 6) is -1.17. The molecule has 3 aromatic rings. The molecular weight excluding hydrogens is 500 g/mol. The molecule has 2 heterocycles. The Kier molecular flexibility index (Phi) is 8.27. The molecule has 2 unspecified atom stereocenters. The van der Waals surface area contributed by atoms with Crippen molar-refractivity contribution in [1.82, 2.24) is 30.9 Å². The Morgan fingerprint density at radius 2 is 1.79 bits per heavy atom. The Morgan fingerprint density at radius 3 is 2.51 bits per heavy atom. The number of carbonyl (C=O) groups is 4. The predicted octanol–water partition coefficient (Wildman–Crippen LogP) is 2.83. The molecule has 4 rings (SSSR count). The number of nitrogens with zero attached hydrogens (tertiary/aromatic N) is 3. The van der Waals surface area contributed by atoms with Crippen molar-refractivity contribution in [2.75, 3.05) is 6.54 Å². The molecular formula is C28H34N6O5. The molecule has 2 aromatic carbocycles. The van der Waals surface area contributed by atoms with E-state index in [4.69, 9.17) is 4.74 Å². The summed E-state index contributed by atoms with van der Waals surface area (Å²) in [7, 11) is 0. The van der Waals surface area contributed by atoms with E-state index in [-0.39, 0.29) is 25.2 Å². The van der Waals surface area contributed by atoms with Gasteiger partial charge in [0.05, 0.1) is 12.6 Å². The second-order valence-electron chi connectivity index (χ2n) is 10.7. The number of Topliss-reactive ketones (excluding diaryl/α,β-unsaturated/α-hetero) is 1. The quantitative estimate of drug-likeness (QED) is 0.403. The number of ether oxygens (including phenoxy) is 1. The molecule has 1 saturated heterocycles. The highest BCUT2D eigenvalue weighted by Crippen LogP contribution is 2.22. The summed E-state index contributed by atoms with van der Waals surface area (Å²) in [5.41, 5.74) is 2.41. The number of rotatable bonds is 8. The normalized spacial score (nSPS) is 17.1. The van der Waals surface area contributed by atoms with Gasteiger partial charge in [0.2, 0.25) is 11.8 Å². The third-order valence-corrected chi connectivity index (χ3v) is 6.48. The standard InChI is InChI=1S/C28H34N6O5/c1-17(19-11-13-21-23(14-19)32-33-31-21)29-25(36)24-15-20(35)16-34(24)26(37)22(30-27(38)39-28(2,3)4)12-10-18-8-6-5-7-9-18/h5-9,11,13-14,17,22,24H,10,12,15-16H2,1-4H3,(H,29,36)(H,30,38)(H,31,32,33)/t17?,22-,24?/m1/s1. The number of aryl methyl sites for hydroxylation is 1. The van der Waals surface area contributed by atoms with E-state index < -0.39 is 41.6 Å². The predicted molar refractivity (Wildman–Crippen MR) is 143 cm³/mol. The van der Waals surface area contributed by atoms with Gasteiger partial charge in [0.15, 0.2) is 5.78 Å². The van der Waals surface area contributed by atoms with E-state index in [0.29, 0.717) is 17.5 Å². The van der Waals surface area contributed by atoms with Gasteiger partial charge in [-0.15, -0.1) is 0 Å². The lowest BCUT2D eigenvalue weighted by atomic mass is 10.0. The van der Waals surface area contributed by atoms with Crippen LogP contribution in [0, 0.1) is 0 Å². The number of fused-ring (bicyclic) bond motifs is 1. The van der Waals surface area contributed by atoms with Crippen molar-refractivity contribution in [2.24, 2.45) is 0 Å². The fourth-order valence-electron chi connectivity index (χ4n) is 4.54. The number of nitrogens with one attached hydrogen (secondary N) is 3. The van der Waals surface area contributed by atoms with Crippen LogP contribution in [0.2, 0.25) is 0 Å². The summed E-state index contributed by atoms with van der Waals surface area (Å²) >= 11 is 0. The van der Waals surface area contributed by atoms with Gasteiger partial charge in [-0.25, -0.2) is 4.79 Å². The molecule has 3 amide bonds. The van der Waals surface area contributed by atoms with Gasteiger partial charge < -0.3 is 20.3 Å². The van der Waals surface area contributed by atoms with E-state index in [1.807, 2.05) is 49.4 Å². The largest absolute Gasteiger partial charge is 0.444 e. The summed E-state index contributed by atoms with van der Waals surface area (Å²) < 4.78 is 5.38. The zero-order valence-corrected chi connectivity index (χ0v) is 22.6. The summed E-state index contributed by atoms with van der Waals surface area (Å²) in [6.45, 7) is 6.81. The first-order chi connectivity index (χ1) is 18.5. The minimum absolute atomic E-state index is 0.0928. The maximum absolute atomic E-state index is 13.7. The van der Waals surface area contributed by atoms with Crippen molar-refractivity contribution < 1.29 is 23.9 Å². The molecule has 206 valence electrons. The molecule has 1 aromatic heterocycles. The Balaban J connectivity index is 1.48. The van der Waals surface area contributed by atoms with Gasteiger partial charge in [-0.05, 0) is 63.8 Å². The highest BCUT2D eigenvalue weighted by molar-refractivity contribution is 6.00. The molecule has 1 fully saturated rings. The van der Waals surface area contributed by atoms with Crippen LogP contribution in [-0.2, 0) is 25.5 Å². The van der Waals surface area contributed by atoms with Crippen LogP contribution in [0.3, 0.4) is 0 Å². The van der Waals surface area contributed by atoms with Crippen LogP contribution in [0.1, 0.15) is 57.7 Å². The molecule has 3 atom stereocenters. The van der Waals surface area contributed by atoms with E-state index in [9.17, 15) is 19.2 Å². The Labute approximate surface area is 226 Å². The minimum atomic E-state index is -0.983. The van der Waals surface area contributed by atoms with E-state index in [1.54, 1.807) is 26.8 Å². The maximum atomic E-state index is 13.7. The zero-order chi connectivity index (χ0) is 28.2. The molecule has 1 aliphatic rings. The first kappa shape index (κ1) is 27.7. The third-order valence-electron chi connectivity index (χ3n) is 6.48. The Morgan fingerprint density at radius 1 is 1.08 bits per heavy atom. The number of aromatic amines is 1. The number of H-pyrrole nitrogens is 1. The highest BCUT2D eigenvalue weighted by Gasteiger charge is 2.42. The summed E-state index contributed by atoms with van der Waals surface area (Å²) in [6.07, 6.45) is -0.0512. The molecule has 0 saturated carbocycles. The molecule has 0 aliphatic carbocycles. The van der Waals surface area contributed by atoms with Crippen LogP contribution in [0.25, 0.3) is 11.0 Å². The summed E-state index contributed by atoms with van der Waals surface area (Å²) in [6, 6.07) is 12.6. The van der Waals surface area contributed by atoms with Crippen molar-refractivity contribution in [3.05, 3.63) is 59.7 Å². The van der Waals surface area contributed by atoms with Gasteiger partial charge in [0, 0.05) is 6.42 Å². The fraction of sp³-hybridized carbons (Fsp3) is 0.429. The summed E-state index contributed by atoms with van der Waals surface area (Å²) in [5, 5.41) is 16.2. The van der Waals surface area contributed by atoms with Crippen molar-refractivity contribution in [1.29, 1.82) is 0 Å². The molecule has 11 nitrogen and oxygen atoms in total. The number of alkyl carbamates (subject to hydrolysis) is 1. The Bertz CT molecular complexity index is 1350. The lowest BCUT2D eigenvalue weighted by Crippen LogP contribution is -2.54. The van der Waals surface area contributed by atoms with Crippen molar-refractivity contribution in [3.63, 3.8) is 0 Å². The number of aromatic nitrogens is 3. The molecule has 0 spiro atoms. The number of hydrogen-bond donors (Lipinski definition) is 3. The van der Waals surface area contributed by atoms with E-state index in [0.717, 1.165) is 11.1 Å². The van der Waals surface area contributed by atoms with E-state index >= 15 is 0 Å². The number of benzene rings is 2. The fourth-order valence-corrected chi connectivity index (χ4v) is 4.54. The molecule has 1 aliphatic heterocycles. The van der Waals surface area contributed by atoms with Crippen LogP contribution in [0.4, 0.5) is 4.79 Å². The van der Waals surface area contributed by atoms with Gasteiger partial charge in [0.25, 0.3) is 0 Å². The topological polar surface area (TPSA) is 146 Å². The van der Waals surface area contributed by atoms with Crippen LogP contribution in [0.5, 0.6) is 0 Å². The number of carbonyl (C=O) groups excluding carboxylic acids is 4. The Hall–Kier alpha value is -4.28. The average molecular weight is 535 g/mol. The minimum Gasteiger partial charge on any atom is -0.444 e. The van der Waals surface area contributed by atoms with Crippen LogP contribution in [-0.4, -0.2) is 68.2 Å². The monoisotopic (exact) mass is 534 g/mol. The molecule has 0 radical (unpaired) electrons. The highest BCUT2D eigenvalue weighted by atomic mass is 16.6. The van der Waals surface area contributed by atoms with Crippen LogP contribution in [0.15, 0.2) is 48.5 Å². The van der Waals surface area contributed by atoms with Crippen LogP contribution < -0.4 is 10.6 Å². The van der Waals surface area contributed by atoms with Crippen molar-refractivity contribution >= 4 is 34.7 Å².